The van der Waals surface area contributed by atoms with Gasteiger partial charge in [0.05, 0.1) is 22.3 Å². The molecular formula is C25H20N2O4S. The zero-order valence-corrected chi connectivity index (χ0v) is 18.1. The highest BCUT2D eigenvalue weighted by molar-refractivity contribution is 7.12. The van der Waals surface area contributed by atoms with Crippen LogP contribution in [0.4, 0.5) is 5.69 Å². The van der Waals surface area contributed by atoms with Crippen LogP contribution in [-0.2, 0) is 11.3 Å². The molecule has 6 nitrogen and oxygen atoms in total. The first-order valence-electron chi connectivity index (χ1n) is 9.87. The van der Waals surface area contributed by atoms with Gasteiger partial charge in [-0.3, -0.25) is 9.78 Å². The van der Waals surface area contributed by atoms with Crippen LogP contribution in [0.25, 0.3) is 0 Å². The molecule has 0 aliphatic heterocycles. The first-order chi connectivity index (χ1) is 15.6. The number of rotatable bonds is 7. The molecule has 2 aromatic carbocycles. The van der Waals surface area contributed by atoms with E-state index in [1.165, 1.54) is 16.2 Å². The summed E-state index contributed by atoms with van der Waals surface area (Å²) in [5, 5.41) is 1.84. The molecule has 4 rings (SSSR count). The van der Waals surface area contributed by atoms with Gasteiger partial charge in [-0.25, -0.2) is 4.79 Å². The third kappa shape index (κ3) is 4.84. The second-order valence-electron chi connectivity index (χ2n) is 6.83. The van der Waals surface area contributed by atoms with Crippen molar-refractivity contribution in [3.8, 4) is 11.5 Å². The van der Waals surface area contributed by atoms with Gasteiger partial charge >= 0.3 is 5.97 Å². The molecule has 2 aromatic heterocycles. The van der Waals surface area contributed by atoms with E-state index in [9.17, 15) is 9.59 Å². The Bertz CT molecular complexity index is 1210. The number of thiophene rings is 1. The minimum atomic E-state index is -0.525. The summed E-state index contributed by atoms with van der Waals surface area (Å²) < 4.78 is 11.5. The van der Waals surface area contributed by atoms with Crippen molar-refractivity contribution in [2.24, 2.45) is 0 Å². The summed E-state index contributed by atoms with van der Waals surface area (Å²) in [6.45, 7) is 0.0200. The number of ether oxygens (including phenoxy) is 2. The van der Waals surface area contributed by atoms with E-state index < -0.39 is 5.97 Å². The van der Waals surface area contributed by atoms with Gasteiger partial charge in [0.1, 0.15) is 18.1 Å². The lowest BCUT2D eigenvalue weighted by Crippen LogP contribution is -2.27. The Hall–Kier alpha value is -3.97. The molecule has 0 saturated carbocycles. The third-order valence-corrected chi connectivity index (χ3v) is 5.57. The van der Waals surface area contributed by atoms with E-state index >= 15 is 0 Å². The lowest BCUT2D eigenvalue weighted by atomic mass is 10.1. The molecular weight excluding hydrogens is 424 g/mol. The Kier molecular flexibility index (Phi) is 6.57. The molecule has 32 heavy (non-hydrogen) atoms. The summed E-state index contributed by atoms with van der Waals surface area (Å²) in [6, 6.07) is 21.4. The van der Waals surface area contributed by atoms with E-state index in [1.807, 2.05) is 29.6 Å². The maximum absolute atomic E-state index is 12.9. The normalized spacial score (nSPS) is 10.4. The van der Waals surface area contributed by atoms with Crippen LogP contribution >= 0.6 is 11.3 Å². The highest BCUT2D eigenvalue weighted by Crippen LogP contribution is 2.27. The first kappa shape index (κ1) is 21.3. The number of nitrogens with zero attached hydrogens (tertiary/aromatic N) is 2. The third-order valence-electron chi connectivity index (χ3n) is 4.72. The number of carbonyl (C=O) groups is 2. The fourth-order valence-corrected chi connectivity index (χ4v) is 3.79. The standard InChI is InChI=1S/C25H20N2O4S/c1-27(24(28)23-13-7-15-32-23)21-11-4-3-10-20(21)25(29)30-17-18-8-2-5-12-22(18)31-19-9-6-14-26-16-19/h2-16H,17H2,1H3. The van der Waals surface area contributed by atoms with Crippen LogP contribution in [0.2, 0.25) is 0 Å². The van der Waals surface area contributed by atoms with Crippen LogP contribution in [0.1, 0.15) is 25.6 Å². The van der Waals surface area contributed by atoms with Crippen molar-refractivity contribution in [2.75, 3.05) is 11.9 Å². The quantitative estimate of drug-likeness (QED) is 0.349. The number of hydrogen-bond acceptors (Lipinski definition) is 6. The molecule has 0 unspecified atom stereocenters. The fraction of sp³-hybridized carbons (Fsp3) is 0.0800. The highest BCUT2D eigenvalue weighted by atomic mass is 32.1. The van der Waals surface area contributed by atoms with Crippen molar-refractivity contribution in [3.05, 3.63) is 107 Å². The van der Waals surface area contributed by atoms with Gasteiger partial charge in [0, 0.05) is 18.8 Å². The maximum atomic E-state index is 12.9. The van der Waals surface area contributed by atoms with E-state index in [2.05, 4.69) is 4.98 Å². The van der Waals surface area contributed by atoms with Gasteiger partial charge in [-0.2, -0.15) is 0 Å². The van der Waals surface area contributed by atoms with Crippen LogP contribution in [0.3, 0.4) is 0 Å². The predicted octanol–water partition coefficient (Wildman–Crippen LogP) is 5.57. The zero-order chi connectivity index (χ0) is 22.3. The molecule has 0 fully saturated rings. The Morgan fingerprint density at radius 2 is 1.78 bits per heavy atom. The molecule has 0 radical (unpaired) electrons. The molecule has 0 aliphatic rings. The number of carbonyl (C=O) groups excluding carboxylic acids is 2. The summed E-state index contributed by atoms with van der Waals surface area (Å²) in [7, 11) is 1.64. The smallest absolute Gasteiger partial charge is 0.340 e. The Balaban J connectivity index is 1.50. The SMILES string of the molecule is CN(C(=O)c1cccs1)c1ccccc1C(=O)OCc1ccccc1Oc1cccnc1. The summed E-state index contributed by atoms with van der Waals surface area (Å²) in [6.07, 6.45) is 3.28. The second kappa shape index (κ2) is 9.89. The Labute approximate surface area is 189 Å². The number of benzene rings is 2. The number of pyridine rings is 1. The number of hydrogen-bond donors (Lipinski definition) is 0. The molecule has 0 aliphatic carbocycles. The molecule has 2 heterocycles. The van der Waals surface area contributed by atoms with Gasteiger partial charge in [0.25, 0.3) is 5.91 Å². The van der Waals surface area contributed by atoms with Gasteiger partial charge < -0.3 is 14.4 Å². The van der Waals surface area contributed by atoms with Crippen molar-refractivity contribution < 1.29 is 19.1 Å². The predicted molar refractivity (Wildman–Crippen MR) is 123 cm³/mol. The van der Waals surface area contributed by atoms with Gasteiger partial charge in [-0.15, -0.1) is 11.3 Å². The lowest BCUT2D eigenvalue weighted by molar-refractivity contribution is 0.0471. The van der Waals surface area contributed by atoms with Gasteiger partial charge in [-0.05, 0) is 41.8 Å². The number of anilines is 1. The Morgan fingerprint density at radius 1 is 0.969 bits per heavy atom. The Morgan fingerprint density at radius 3 is 2.56 bits per heavy atom. The minimum absolute atomic E-state index is 0.0200. The van der Waals surface area contributed by atoms with Crippen LogP contribution in [-0.4, -0.2) is 23.9 Å². The zero-order valence-electron chi connectivity index (χ0n) is 17.3. The van der Waals surface area contributed by atoms with Crippen LogP contribution in [0.15, 0.2) is 90.6 Å². The summed E-state index contributed by atoms with van der Waals surface area (Å²) in [5.74, 6) is 0.454. The van der Waals surface area contributed by atoms with E-state index in [1.54, 1.807) is 68.0 Å². The van der Waals surface area contributed by atoms with E-state index in [4.69, 9.17) is 9.47 Å². The largest absolute Gasteiger partial charge is 0.457 e. The molecule has 0 atom stereocenters. The van der Waals surface area contributed by atoms with E-state index in [0.29, 0.717) is 33.2 Å². The van der Waals surface area contributed by atoms with Crippen LogP contribution in [0, 0.1) is 0 Å². The number of para-hydroxylation sites is 2. The molecule has 0 N–H and O–H groups in total. The minimum Gasteiger partial charge on any atom is -0.457 e. The van der Waals surface area contributed by atoms with E-state index in [0.717, 1.165) is 0 Å². The molecule has 160 valence electrons. The molecule has 0 bridgehead atoms. The molecule has 7 heteroatoms. The van der Waals surface area contributed by atoms with Crippen molar-refractivity contribution in [3.63, 3.8) is 0 Å². The summed E-state index contributed by atoms with van der Waals surface area (Å²) in [5.41, 5.74) is 1.51. The van der Waals surface area contributed by atoms with Crippen molar-refractivity contribution in [2.45, 2.75) is 6.61 Å². The second-order valence-corrected chi connectivity index (χ2v) is 7.78. The van der Waals surface area contributed by atoms with Crippen molar-refractivity contribution in [1.82, 2.24) is 4.98 Å². The fourth-order valence-electron chi connectivity index (χ4n) is 3.09. The number of amides is 1. The average molecular weight is 445 g/mol. The molecule has 1 amide bonds. The molecule has 0 spiro atoms. The van der Waals surface area contributed by atoms with Gasteiger partial charge in [0.15, 0.2) is 0 Å². The average Bonchev–Trinajstić information content (AvgIpc) is 3.38. The number of esters is 1. The topological polar surface area (TPSA) is 68.7 Å². The van der Waals surface area contributed by atoms with Crippen LogP contribution < -0.4 is 9.64 Å². The lowest BCUT2D eigenvalue weighted by Gasteiger charge is -2.19. The van der Waals surface area contributed by atoms with E-state index in [-0.39, 0.29) is 12.5 Å². The summed E-state index contributed by atoms with van der Waals surface area (Å²) in [4.78, 5) is 31.8. The maximum Gasteiger partial charge on any atom is 0.340 e. The van der Waals surface area contributed by atoms with Crippen LogP contribution in [0.5, 0.6) is 11.5 Å². The van der Waals surface area contributed by atoms with Crippen molar-refractivity contribution in [1.29, 1.82) is 0 Å². The first-order valence-corrected chi connectivity index (χ1v) is 10.7. The molecule has 0 saturated heterocycles. The number of aromatic nitrogens is 1. The highest BCUT2D eigenvalue weighted by Gasteiger charge is 2.21. The molecule has 4 aromatic rings. The van der Waals surface area contributed by atoms with Gasteiger partial charge in [-0.1, -0.05) is 36.4 Å². The van der Waals surface area contributed by atoms with Gasteiger partial charge in [0.2, 0.25) is 0 Å². The monoisotopic (exact) mass is 444 g/mol. The van der Waals surface area contributed by atoms with Crippen molar-refractivity contribution >= 4 is 28.9 Å². The summed E-state index contributed by atoms with van der Waals surface area (Å²) >= 11 is 1.35.